The standard InChI is InChI=1S/C18H15Cl2N3O/c1-12(13-6-3-2-4-7-13)23-18(24)14(10-21)11-22-16-9-5-8-15(19)17(16)20/h2-9,11-12,22H,1H3,(H,23,24)/b14-11-. The Morgan fingerprint density at radius 1 is 1.17 bits per heavy atom. The van der Waals surface area contributed by atoms with Crippen molar-refractivity contribution in [3.63, 3.8) is 0 Å². The molecule has 0 bridgehead atoms. The maximum Gasteiger partial charge on any atom is 0.263 e. The summed E-state index contributed by atoms with van der Waals surface area (Å²) in [6, 6.07) is 16.2. The number of carbonyl (C=O) groups is 1. The average Bonchev–Trinajstić information content (AvgIpc) is 2.59. The van der Waals surface area contributed by atoms with Crippen LogP contribution in [0.2, 0.25) is 10.0 Å². The number of hydrogen-bond donors (Lipinski definition) is 2. The van der Waals surface area contributed by atoms with Crippen molar-refractivity contribution in [3.8, 4) is 6.07 Å². The van der Waals surface area contributed by atoms with E-state index in [1.165, 1.54) is 6.20 Å². The third-order valence-electron chi connectivity index (χ3n) is 3.34. The third-order valence-corrected chi connectivity index (χ3v) is 4.15. The molecule has 0 aliphatic heterocycles. The summed E-state index contributed by atoms with van der Waals surface area (Å²) in [6.07, 6.45) is 1.31. The maximum absolute atomic E-state index is 12.2. The van der Waals surface area contributed by atoms with Gasteiger partial charge < -0.3 is 10.6 Å². The first-order valence-electron chi connectivity index (χ1n) is 7.19. The van der Waals surface area contributed by atoms with Crippen LogP contribution in [-0.4, -0.2) is 5.91 Å². The Morgan fingerprint density at radius 3 is 2.54 bits per heavy atom. The van der Waals surface area contributed by atoms with Crippen LogP contribution in [0.15, 0.2) is 60.3 Å². The molecule has 2 aromatic carbocycles. The number of hydrogen-bond acceptors (Lipinski definition) is 3. The second-order valence-electron chi connectivity index (χ2n) is 5.02. The molecule has 1 unspecified atom stereocenters. The van der Waals surface area contributed by atoms with Gasteiger partial charge in [0.15, 0.2) is 0 Å². The molecule has 2 rings (SSSR count). The van der Waals surface area contributed by atoms with E-state index in [0.29, 0.717) is 15.7 Å². The van der Waals surface area contributed by atoms with Crippen LogP contribution in [-0.2, 0) is 4.79 Å². The van der Waals surface area contributed by atoms with Gasteiger partial charge in [0.05, 0.1) is 21.8 Å². The smallest absolute Gasteiger partial charge is 0.263 e. The van der Waals surface area contributed by atoms with Crippen LogP contribution in [0.25, 0.3) is 0 Å². The highest BCUT2D eigenvalue weighted by Gasteiger charge is 2.14. The Kier molecular flexibility index (Phi) is 6.25. The largest absolute Gasteiger partial charge is 0.359 e. The molecule has 0 aromatic heterocycles. The molecule has 0 fully saturated rings. The van der Waals surface area contributed by atoms with Crippen molar-refractivity contribution in [1.82, 2.24) is 5.32 Å². The molecule has 6 heteroatoms. The first kappa shape index (κ1) is 17.9. The maximum atomic E-state index is 12.2. The van der Waals surface area contributed by atoms with E-state index in [9.17, 15) is 10.1 Å². The number of carbonyl (C=O) groups excluding carboxylic acids is 1. The summed E-state index contributed by atoms with van der Waals surface area (Å²) in [7, 11) is 0. The Hall–Kier alpha value is -2.48. The van der Waals surface area contributed by atoms with Gasteiger partial charge in [-0.3, -0.25) is 4.79 Å². The summed E-state index contributed by atoms with van der Waals surface area (Å²) < 4.78 is 0. The number of anilines is 1. The molecule has 0 heterocycles. The third kappa shape index (κ3) is 4.51. The van der Waals surface area contributed by atoms with E-state index in [4.69, 9.17) is 23.2 Å². The zero-order chi connectivity index (χ0) is 17.5. The summed E-state index contributed by atoms with van der Waals surface area (Å²) in [4.78, 5) is 12.2. The quantitative estimate of drug-likeness (QED) is 0.601. The number of amides is 1. The van der Waals surface area contributed by atoms with Gasteiger partial charge in [0.1, 0.15) is 11.6 Å². The molecule has 0 radical (unpaired) electrons. The Labute approximate surface area is 150 Å². The van der Waals surface area contributed by atoms with Crippen molar-refractivity contribution in [1.29, 1.82) is 5.26 Å². The molecule has 0 saturated heterocycles. The molecule has 2 N–H and O–H groups in total. The van der Waals surface area contributed by atoms with E-state index in [-0.39, 0.29) is 11.6 Å². The molecule has 2 aromatic rings. The number of nitrogens with one attached hydrogen (secondary N) is 2. The lowest BCUT2D eigenvalue weighted by Crippen LogP contribution is -2.28. The molecular weight excluding hydrogens is 345 g/mol. The van der Waals surface area contributed by atoms with E-state index in [2.05, 4.69) is 10.6 Å². The molecule has 0 aliphatic rings. The molecule has 1 amide bonds. The molecule has 0 spiro atoms. The number of nitrogens with zero attached hydrogens (tertiary/aromatic N) is 1. The lowest BCUT2D eigenvalue weighted by Gasteiger charge is -2.14. The monoisotopic (exact) mass is 359 g/mol. The number of nitriles is 1. The van der Waals surface area contributed by atoms with Crippen molar-refractivity contribution in [2.75, 3.05) is 5.32 Å². The summed E-state index contributed by atoms with van der Waals surface area (Å²) in [5.74, 6) is -0.473. The van der Waals surface area contributed by atoms with Crippen LogP contribution in [0.5, 0.6) is 0 Å². The van der Waals surface area contributed by atoms with E-state index in [0.717, 1.165) is 5.56 Å². The van der Waals surface area contributed by atoms with E-state index >= 15 is 0 Å². The van der Waals surface area contributed by atoms with Gasteiger partial charge in [-0.05, 0) is 24.6 Å². The van der Waals surface area contributed by atoms with E-state index < -0.39 is 5.91 Å². The average molecular weight is 360 g/mol. The van der Waals surface area contributed by atoms with Gasteiger partial charge in [0, 0.05) is 6.20 Å². The van der Waals surface area contributed by atoms with Crippen LogP contribution >= 0.6 is 23.2 Å². The van der Waals surface area contributed by atoms with Crippen LogP contribution in [0.1, 0.15) is 18.5 Å². The van der Waals surface area contributed by atoms with Crippen LogP contribution in [0.4, 0.5) is 5.69 Å². The predicted octanol–water partition coefficient (Wildman–Crippen LogP) is 4.69. The normalized spacial score (nSPS) is 12.2. The highest BCUT2D eigenvalue weighted by atomic mass is 35.5. The number of halogens is 2. The number of benzene rings is 2. The van der Waals surface area contributed by atoms with Crippen LogP contribution in [0, 0.1) is 11.3 Å². The fourth-order valence-electron chi connectivity index (χ4n) is 2.01. The minimum atomic E-state index is -0.473. The summed E-state index contributed by atoms with van der Waals surface area (Å²) >= 11 is 12.0. The Balaban J connectivity index is 2.09. The van der Waals surface area contributed by atoms with Crippen molar-refractivity contribution in [2.24, 2.45) is 0 Å². The topological polar surface area (TPSA) is 64.9 Å². The lowest BCUT2D eigenvalue weighted by molar-refractivity contribution is -0.117. The zero-order valence-corrected chi connectivity index (χ0v) is 14.4. The Morgan fingerprint density at radius 2 is 1.88 bits per heavy atom. The molecular formula is C18H15Cl2N3O. The first-order valence-corrected chi connectivity index (χ1v) is 7.95. The van der Waals surface area contributed by atoms with E-state index in [1.54, 1.807) is 18.2 Å². The predicted molar refractivity (Wildman–Crippen MR) is 96.8 cm³/mol. The van der Waals surface area contributed by atoms with Gasteiger partial charge in [-0.2, -0.15) is 5.26 Å². The van der Waals surface area contributed by atoms with Gasteiger partial charge in [-0.25, -0.2) is 0 Å². The van der Waals surface area contributed by atoms with Crippen molar-refractivity contribution < 1.29 is 4.79 Å². The number of rotatable bonds is 5. The summed E-state index contributed by atoms with van der Waals surface area (Å²) in [6.45, 7) is 1.85. The molecule has 4 nitrogen and oxygen atoms in total. The van der Waals surface area contributed by atoms with Crippen LogP contribution in [0.3, 0.4) is 0 Å². The van der Waals surface area contributed by atoms with E-state index in [1.807, 2.05) is 43.3 Å². The van der Waals surface area contributed by atoms with Gasteiger partial charge in [-0.15, -0.1) is 0 Å². The van der Waals surface area contributed by atoms with Gasteiger partial charge in [-0.1, -0.05) is 59.6 Å². The van der Waals surface area contributed by atoms with Gasteiger partial charge in [0.25, 0.3) is 5.91 Å². The second kappa shape index (κ2) is 8.39. The first-order chi connectivity index (χ1) is 11.5. The van der Waals surface area contributed by atoms with Crippen molar-refractivity contribution in [3.05, 3.63) is 75.9 Å². The molecule has 122 valence electrons. The summed E-state index contributed by atoms with van der Waals surface area (Å²) in [5, 5.41) is 15.5. The molecule has 1 atom stereocenters. The van der Waals surface area contributed by atoms with Crippen molar-refractivity contribution >= 4 is 34.8 Å². The zero-order valence-electron chi connectivity index (χ0n) is 12.9. The van der Waals surface area contributed by atoms with Gasteiger partial charge in [0.2, 0.25) is 0 Å². The second-order valence-corrected chi connectivity index (χ2v) is 5.81. The van der Waals surface area contributed by atoms with Crippen LogP contribution < -0.4 is 10.6 Å². The minimum Gasteiger partial charge on any atom is -0.359 e. The van der Waals surface area contributed by atoms with Crippen molar-refractivity contribution in [2.45, 2.75) is 13.0 Å². The summed E-state index contributed by atoms with van der Waals surface area (Å²) in [5.41, 5.74) is 1.41. The van der Waals surface area contributed by atoms with Gasteiger partial charge >= 0.3 is 0 Å². The SMILES string of the molecule is CC(NC(=O)/C(C#N)=C\Nc1cccc(Cl)c1Cl)c1ccccc1. The Bertz CT molecular complexity index is 798. The fourth-order valence-corrected chi connectivity index (χ4v) is 2.37. The molecule has 0 aliphatic carbocycles. The lowest BCUT2D eigenvalue weighted by atomic mass is 10.1. The fraction of sp³-hybridized carbons (Fsp3) is 0.111. The molecule has 24 heavy (non-hydrogen) atoms. The molecule has 0 saturated carbocycles. The minimum absolute atomic E-state index is 0.0613. The highest BCUT2D eigenvalue weighted by molar-refractivity contribution is 6.43. The highest BCUT2D eigenvalue weighted by Crippen LogP contribution is 2.29.